The van der Waals surface area contributed by atoms with E-state index in [0.717, 1.165) is 8.95 Å². The first-order chi connectivity index (χ1) is 5.65. The average molecular weight is 313 g/mol. The van der Waals surface area contributed by atoms with Crippen LogP contribution in [-0.2, 0) is 4.79 Å². The van der Waals surface area contributed by atoms with E-state index in [2.05, 4.69) is 37.2 Å². The number of hydrogen-bond acceptors (Lipinski definition) is 1. The van der Waals surface area contributed by atoms with Gasteiger partial charge in [0.1, 0.15) is 0 Å². The Balaban J connectivity index is 3.18. The van der Waals surface area contributed by atoms with Crippen molar-refractivity contribution in [3.05, 3.63) is 26.1 Å². The molecule has 12 heavy (non-hydrogen) atoms. The monoisotopic (exact) mass is 311 g/mol. The molecule has 64 valence electrons. The van der Waals surface area contributed by atoms with Gasteiger partial charge in [0.15, 0.2) is 0 Å². The number of halogens is 3. The Morgan fingerprint density at radius 3 is 2.25 bits per heavy atom. The summed E-state index contributed by atoms with van der Waals surface area (Å²) in [6.07, 6.45) is 0.610. The Hall–Kier alpha value is -0.0600. The lowest BCUT2D eigenvalue weighted by atomic mass is 10.3. The van der Waals surface area contributed by atoms with Crippen molar-refractivity contribution in [2.24, 2.45) is 0 Å². The van der Waals surface area contributed by atoms with E-state index >= 15 is 0 Å². The number of hydrogen-bond donors (Lipinski definition) is 1. The first-order valence-corrected chi connectivity index (χ1v) is 4.96. The van der Waals surface area contributed by atoms with E-state index in [1.165, 1.54) is 0 Å². The third-order valence-corrected chi connectivity index (χ3v) is 2.68. The largest absolute Gasteiger partial charge is 0.327 e. The lowest BCUT2D eigenvalue weighted by Crippen LogP contribution is -1.95. The van der Waals surface area contributed by atoms with E-state index < -0.39 is 0 Å². The lowest BCUT2D eigenvalue weighted by molar-refractivity contribution is -0.105. The zero-order valence-corrected chi connectivity index (χ0v) is 9.70. The predicted octanol–water partition coefficient (Wildman–Crippen LogP) is 3.43. The molecule has 0 saturated carbocycles. The minimum absolute atomic E-state index is 0.602. The standard InChI is InChI=1S/C7H4Br2ClNO/c8-5-1-4(10)2-6(9)7(5)11-3-12/h1-3H,(H,11,12). The summed E-state index contributed by atoms with van der Waals surface area (Å²) >= 11 is 12.3. The van der Waals surface area contributed by atoms with E-state index in [0.29, 0.717) is 17.1 Å². The van der Waals surface area contributed by atoms with Crippen molar-refractivity contribution in [3.8, 4) is 0 Å². The number of carbonyl (C=O) groups excluding carboxylic acids is 1. The molecule has 1 N–H and O–H groups in total. The van der Waals surface area contributed by atoms with Crippen LogP contribution >= 0.6 is 43.5 Å². The van der Waals surface area contributed by atoms with Crippen LogP contribution < -0.4 is 5.32 Å². The van der Waals surface area contributed by atoms with Crippen molar-refractivity contribution < 1.29 is 4.79 Å². The van der Waals surface area contributed by atoms with Gasteiger partial charge >= 0.3 is 0 Å². The molecule has 0 atom stereocenters. The summed E-state index contributed by atoms with van der Waals surface area (Å²) in [7, 11) is 0. The topological polar surface area (TPSA) is 29.1 Å². The van der Waals surface area contributed by atoms with Gasteiger partial charge in [-0.2, -0.15) is 0 Å². The highest BCUT2D eigenvalue weighted by Gasteiger charge is 2.04. The molecule has 0 bridgehead atoms. The second-order valence-corrected chi connectivity index (χ2v) is 4.15. The van der Waals surface area contributed by atoms with Gasteiger partial charge in [-0.15, -0.1) is 0 Å². The van der Waals surface area contributed by atoms with E-state index in [1.54, 1.807) is 12.1 Å². The molecule has 0 fully saturated rings. The third-order valence-electron chi connectivity index (χ3n) is 1.21. The van der Waals surface area contributed by atoms with Crippen LogP contribution in [0.2, 0.25) is 5.02 Å². The minimum atomic E-state index is 0.602. The zero-order valence-electron chi connectivity index (χ0n) is 5.77. The van der Waals surface area contributed by atoms with Crippen molar-refractivity contribution in [2.75, 3.05) is 5.32 Å². The highest BCUT2D eigenvalue weighted by molar-refractivity contribution is 9.11. The molecule has 1 amide bonds. The first kappa shape index (κ1) is 10.0. The van der Waals surface area contributed by atoms with Crippen molar-refractivity contribution in [3.63, 3.8) is 0 Å². The van der Waals surface area contributed by atoms with E-state index in [9.17, 15) is 4.79 Å². The van der Waals surface area contributed by atoms with Crippen LogP contribution in [0.1, 0.15) is 0 Å². The SMILES string of the molecule is O=CNc1c(Br)cc(Cl)cc1Br. The number of anilines is 1. The van der Waals surface area contributed by atoms with Gasteiger partial charge in [0.05, 0.1) is 5.69 Å². The summed E-state index contributed by atoms with van der Waals surface area (Å²) in [6, 6.07) is 3.41. The summed E-state index contributed by atoms with van der Waals surface area (Å²) in [4.78, 5) is 10.2. The molecule has 0 spiro atoms. The number of benzene rings is 1. The van der Waals surface area contributed by atoms with Gasteiger partial charge in [0, 0.05) is 14.0 Å². The van der Waals surface area contributed by atoms with E-state index in [-0.39, 0.29) is 0 Å². The molecule has 1 aromatic carbocycles. The molecule has 1 aromatic rings. The highest BCUT2D eigenvalue weighted by Crippen LogP contribution is 2.33. The van der Waals surface area contributed by atoms with Crippen LogP contribution in [0.3, 0.4) is 0 Å². The fourth-order valence-electron chi connectivity index (χ4n) is 0.739. The quantitative estimate of drug-likeness (QED) is 0.833. The molecule has 0 saturated heterocycles. The van der Waals surface area contributed by atoms with Crippen molar-refractivity contribution >= 4 is 55.6 Å². The van der Waals surface area contributed by atoms with Crippen molar-refractivity contribution in [2.45, 2.75) is 0 Å². The Bertz CT molecular complexity index is 293. The van der Waals surface area contributed by atoms with Crippen LogP contribution in [0.4, 0.5) is 5.69 Å². The van der Waals surface area contributed by atoms with Gasteiger partial charge in [0.25, 0.3) is 0 Å². The molecule has 0 unspecified atom stereocenters. The Morgan fingerprint density at radius 1 is 1.33 bits per heavy atom. The molecular weight excluding hydrogens is 309 g/mol. The zero-order chi connectivity index (χ0) is 9.14. The van der Waals surface area contributed by atoms with Gasteiger partial charge in [-0.05, 0) is 44.0 Å². The van der Waals surface area contributed by atoms with Crippen molar-refractivity contribution in [1.82, 2.24) is 0 Å². The fourth-order valence-corrected chi connectivity index (χ4v) is 2.64. The first-order valence-electron chi connectivity index (χ1n) is 3.00. The molecule has 0 radical (unpaired) electrons. The minimum Gasteiger partial charge on any atom is -0.327 e. The van der Waals surface area contributed by atoms with Crippen LogP contribution in [-0.4, -0.2) is 6.41 Å². The van der Waals surface area contributed by atoms with Gasteiger partial charge in [0.2, 0.25) is 6.41 Å². The molecular formula is C7H4Br2ClNO. The normalized spacial score (nSPS) is 9.58. The highest BCUT2D eigenvalue weighted by atomic mass is 79.9. The Labute approximate surface area is 91.5 Å². The van der Waals surface area contributed by atoms with Gasteiger partial charge < -0.3 is 5.32 Å². The molecule has 5 heteroatoms. The maximum atomic E-state index is 10.2. The second kappa shape index (κ2) is 4.25. The summed E-state index contributed by atoms with van der Waals surface area (Å²) < 4.78 is 1.49. The van der Waals surface area contributed by atoms with Crippen LogP contribution in [0.5, 0.6) is 0 Å². The van der Waals surface area contributed by atoms with Crippen molar-refractivity contribution in [1.29, 1.82) is 0 Å². The molecule has 0 aliphatic rings. The van der Waals surface area contributed by atoms with E-state index in [1.807, 2.05) is 0 Å². The fraction of sp³-hybridized carbons (Fsp3) is 0. The smallest absolute Gasteiger partial charge is 0.211 e. The molecule has 1 rings (SSSR count). The Kier molecular flexibility index (Phi) is 3.55. The Morgan fingerprint density at radius 2 is 1.83 bits per heavy atom. The predicted molar refractivity (Wildman–Crippen MR) is 56.5 cm³/mol. The number of amides is 1. The molecule has 0 aromatic heterocycles. The number of carbonyl (C=O) groups is 1. The van der Waals surface area contributed by atoms with Crippen LogP contribution in [0, 0.1) is 0 Å². The summed E-state index contributed by atoms with van der Waals surface area (Å²) in [6.45, 7) is 0. The molecule has 0 aliphatic carbocycles. The van der Waals surface area contributed by atoms with Crippen LogP contribution in [0.25, 0.3) is 0 Å². The van der Waals surface area contributed by atoms with Gasteiger partial charge in [-0.1, -0.05) is 11.6 Å². The molecule has 0 heterocycles. The third kappa shape index (κ3) is 2.21. The maximum Gasteiger partial charge on any atom is 0.211 e. The lowest BCUT2D eigenvalue weighted by Gasteiger charge is -2.05. The second-order valence-electron chi connectivity index (χ2n) is 2.01. The summed E-state index contributed by atoms with van der Waals surface area (Å²) in [5.74, 6) is 0. The van der Waals surface area contributed by atoms with Crippen LogP contribution in [0.15, 0.2) is 21.1 Å². The number of nitrogens with one attached hydrogen (secondary N) is 1. The van der Waals surface area contributed by atoms with Gasteiger partial charge in [-0.25, -0.2) is 0 Å². The summed E-state index contributed by atoms with van der Waals surface area (Å²) in [5, 5.41) is 3.14. The average Bonchev–Trinajstić information content (AvgIpc) is 1.96. The molecule has 0 aliphatic heterocycles. The molecule has 2 nitrogen and oxygen atoms in total. The van der Waals surface area contributed by atoms with Gasteiger partial charge in [-0.3, -0.25) is 4.79 Å². The maximum absolute atomic E-state index is 10.2. The number of rotatable bonds is 2. The van der Waals surface area contributed by atoms with E-state index in [4.69, 9.17) is 11.6 Å². The summed E-state index contributed by atoms with van der Waals surface area (Å²) in [5.41, 5.74) is 0.675.